The van der Waals surface area contributed by atoms with Crippen LogP contribution >= 0.6 is 11.3 Å². The molecule has 0 aromatic carbocycles. The number of fused-ring (bicyclic) bond motifs is 1. The summed E-state index contributed by atoms with van der Waals surface area (Å²) >= 11 is 0.811. The first kappa shape index (κ1) is 21.1. The summed E-state index contributed by atoms with van der Waals surface area (Å²) in [6.45, 7) is 2.82. The van der Waals surface area contributed by atoms with Crippen LogP contribution in [-0.4, -0.2) is 51.7 Å². The monoisotopic (exact) mass is 432 g/mol. The van der Waals surface area contributed by atoms with Gasteiger partial charge in [0.25, 0.3) is 11.5 Å². The van der Waals surface area contributed by atoms with Crippen molar-refractivity contribution < 1.29 is 22.8 Å². The Bertz CT molecular complexity index is 1100. The molecule has 2 aromatic rings. The molecule has 3 heterocycles. The Labute approximate surface area is 166 Å². The van der Waals surface area contributed by atoms with Crippen LogP contribution in [-0.2, 0) is 17.9 Å². The summed E-state index contributed by atoms with van der Waals surface area (Å²) < 4.78 is 40.0. The van der Waals surface area contributed by atoms with Crippen molar-refractivity contribution in [3.8, 4) is 0 Å². The number of rotatable bonds is 4. The number of aryl methyl sites for hydroxylation is 2. The Balaban J connectivity index is 2.17. The first-order chi connectivity index (χ1) is 13.5. The second kappa shape index (κ2) is 7.65. The molecule has 1 N–H and O–H groups in total. The molecule has 0 atom stereocenters. The highest BCUT2D eigenvalue weighted by Gasteiger charge is 2.30. The molecule has 12 heteroatoms. The standard InChI is InChI=1S/C17H19F3N4O4S/c1-3-23-13(26)11-9(2)12(14(27)22-7-5-21-10(25)8-22)29-15(11)24(16(23)28)6-4-17(18,19)20/h3-8H2,1-2H3,(H,21,25). The number of carbonyl (C=O) groups is 2. The van der Waals surface area contributed by atoms with Crippen molar-refractivity contribution >= 4 is 33.4 Å². The number of halogens is 3. The summed E-state index contributed by atoms with van der Waals surface area (Å²) in [5.41, 5.74) is -1.18. The van der Waals surface area contributed by atoms with E-state index in [1.54, 1.807) is 6.92 Å². The van der Waals surface area contributed by atoms with E-state index in [0.29, 0.717) is 5.56 Å². The Hall–Kier alpha value is -2.63. The zero-order chi connectivity index (χ0) is 21.5. The number of thiophene rings is 1. The fourth-order valence-corrected chi connectivity index (χ4v) is 4.56. The zero-order valence-electron chi connectivity index (χ0n) is 15.8. The fourth-order valence-electron chi connectivity index (χ4n) is 3.27. The van der Waals surface area contributed by atoms with Gasteiger partial charge in [0.15, 0.2) is 0 Å². The summed E-state index contributed by atoms with van der Waals surface area (Å²) in [6, 6.07) is 0. The van der Waals surface area contributed by atoms with E-state index >= 15 is 0 Å². The van der Waals surface area contributed by atoms with E-state index in [0.717, 1.165) is 20.5 Å². The quantitative estimate of drug-likeness (QED) is 0.783. The number of hydrogen-bond acceptors (Lipinski definition) is 5. The van der Waals surface area contributed by atoms with Crippen LogP contribution in [0.15, 0.2) is 9.59 Å². The van der Waals surface area contributed by atoms with E-state index in [9.17, 15) is 32.3 Å². The van der Waals surface area contributed by atoms with Gasteiger partial charge >= 0.3 is 11.9 Å². The molecule has 0 saturated carbocycles. The largest absolute Gasteiger partial charge is 0.390 e. The third-order valence-corrected chi connectivity index (χ3v) is 6.05. The Morgan fingerprint density at radius 3 is 2.48 bits per heavy atom. The topological polar surface area (TPSA) is 93.4 Å². The molecule has 0 unspecified atom stereocenters. The van der Waals surface area contributed by atoms with Gasteiger partial charge in [0.05, 0.1) is 23.2 Å². The summed E-state index contributed by atoms with van der Waals surface area (Å²) in [7, 11) is 0. The van der Waals surface area contributed by atoms with Crippen molar-refractivity contribution in [2.45, 2.75) is 39.5 Å². The average molecular weight is 432 g/mol. The second-order valence-corrected chi connectivity index (χ2v) is 7.66. The Kier molecular flexibility index (Phi) is 5.57. The minimum atomic E-state index is -4.48. The lowest BCUT2D eigenvalue weighted by molar-refractivity contribution is -0.136. The van der Waals surface area contributed by atoms with Crippen LogP contribution in [0, 0.1) is 6.92 Å². The molecular formula is C17H19F3N4O4S. The molecule has 3 rings (SSSR count). The smallest absolute Gasteiger partial charge is 0.353 e. The molecule has 158 valence electrons. The van der Waals surface area contributed by atoms with Crippen molar-refractivity contribution in [1.82, 2.24) is 19.4 Å². The van der Waals surface area contributed by atoms with Gasteiger partial charge in [-0.25, -0.2) is 4.79 Å². The number of carbonyl (C=O) groups excluding carboxylic acids is 2. The maximum Gasteiger partial charge on any atom is 0.390 e. The van der Waals surface area contributed by atoms with Crippen LogP contribution in [0.2, 0.25) is 0 Å². The molecule has 0 spiro atoms. The van der Waals surface area contributed by atoms with Gasteiger partial charge in [0.2, 0.25) is 5.91 Å². The van der Waals surface area contributed by atoms with Crippen molar-refractivity contribution in [2.75, 3.05) is 19.6 Å². The van der Waals surface area contributed by atoms with Gasteiger partial charge < -0.3 is 10.2 Å². The van der Waals surface area contributed by atoms with Crippen molar-refractivity contribution in [2.24, 2.45) is 0 Å². The number of amides is 2. The van der Waals surface area contributed by atoms with Gasteiger partial charge in [0, 0.05) is 26.2 Å². The summed E-state index contributed by atoms with van der Waals surface area (Å²) in [5.74, 6) is -0.811. The Morgan fingerprint density at radius 1 is 1.21 bits per heavy atom. The molecule has 29 heavy (non-hydrogen) atoms. The van der Waals surface area contributed by atoms with E-state index < -0.39 is 36.3 Å². The van der Waals surface area contributed by atoms with Crippen LogP contribution in [0.3, 0.4) is 0 Å². The fraction of sp³-hybridized carbons (Fsp3) is 0.529. The Morgan fingerprint density at radius 2 is 1.90 bits per heavy atom. The van der Waals surface area contributed by atoms with E-state index in [2.05, 4.69) is 5.32 Å². The van der Waals surface area contributed by atoms with E-state index in [1.165, 1.54) is 11.8 Å². The van der Waals surface area contributed by atoms with E-state index in [-0.39, 0.29) is 47.2 Å². The summed E-state index contributed by atoms with van der Waals surface area (Å²) in [5, 5.41) is 2.66. The number of piperazine rings is 1. The molecule has 1 saturated heterocycles. The zero-order valence-corrected chi connectivity index (χ0v) is 16.6. The van der Waals surface area contributed by atoms with Crippen LogP contribution in [0.1, 0.15) is 28.6 Å². The third-order valence-electron chi connectivity index (χ3n) is 4.75. The maximum absolute atomic E-state index is 12.9. The van der Waals surface area contributed by atoms with Crippen molar-refractivity contribution in [3.63, 3.8) is 0 Å². The predicted octanol–water partition coefficient (Wildman–Crippen LogP) is 1.08. The van der Waals surface area contributed by atoms with Gasteiger partial charge in [-0.15, -0.1) is 11.3 Å². The second-order valence-electron chi connectivity index (χ2n) is 6.66. The van der Waals surface area contributed by atoms with Gasteiger partial charge in [0.1, 0.15) is 4.83 Å². The molecule has 2 amide bonds. The molecule has 0 radical (unpaired) electrons. The molecule has 1 aliphatic heterocycles. The van der Waals surface area contributed by atoms with E-state index in [1.807, 2.05) is 0 Å². The highest BCUT2D eigenvalue weighted by Crippen LogP contribution is 2.30. The van der Waals surface area contributed by atoms with Gasteiger partial charge in [-0.05, 0) is 19.4 Å². The number of hydrogen-bond donors (Lipinski definition) is 1. The van der Waals surface area contributed by atoms with Crippen molar-refractivity contribution in [3.05, 3.63) is 31.3 Å². The van der Waals surface area contributed by atoms with Crippen LogP contribution < -0.4 is 16.6 Å². The first-order valence-electron chi connectivity index (χ1n) is 8.94. The SMILES string of the molecule is CCn1c(=O)c2c(C)c(C(=O)N3CCNC(=O)C3)sc2n(CCC(F)(F)F)c1=O. The lowest BCUT2D eigenvalue weighted by atomic mass is 10.2. The van der Waals surface area contributed by atoms with Gasteiger partial charge in [-0.1, -0.05) is 0 Å². The highest BCUT2D eigenvalue weighted by molar-refractivity contribution is 7.20. The van der Waals surface area contributed by atoms with Crippen molar-refractivity contribution in [1.29, 1.82) is 0 Å². The average Bonchev–Trinajstić information content (AvgIpc) is 2.98. The molecule has 0 bridgehead atoms. The number of alkyl halides is 3. The summed E-state index contributed by atoms with van der Waals surface area (Å²) in [4.78, 5) is 51.3. The summed E-state index contributed by atoms with van der Waals surface area (Å²) in [6.07, 6.45) is -5.72. The predicted molar refractivity (Wildman–Crippen MR) is 100 cm³/mol. The molecule has 1 fully saturated rings. The molecule has 8 nitrogen and oxygen atoms in total. The maximum atomic E-state index is 12.9. The lowest BCUT2D eigenvalue weighted by Gasteiger charge is -2.26. The number of aromatic nitrogens is 2. The van der Waals surface area contributed by atoms with Crippen LogP contribution in [0.4, 0.5) is 13.2 Å². The van der Waals surface area contributed by atoms with E-state index in [4.69, 9.17) is 0 Å². The third kappa shape index (κ3) is 3.93. The minimum absolute atomic E-state index is 0.00944. The highest BCUT2D eigenvalue weighted by atomic mass is 32.1. The molecule has 0 aliphatic carbocycles. The first-order valence-corrected chi connectivity index (χ1v) is 9.76. The van der Waals surface area contributed by atoms with Gasteiger partial charge in [-0.2, -0.15) is 13.2 Å². The molecule has 2 aromatic heterocycles. The van der Waals surface area contributed by atoms with Crippen LogP contribution in [0.5, 0.6) is 0 Å². The molecule has 1 aliphatic rings. The number of nitrogens with zero attached hydrogens (tertiary/aromatic N) is 3. The number of nitrogens with one attached hydrogen (secondary N) is 1. The minimum Gasteiger partial charge on any atom is -0.353 e. The normalized spacial score (nSPS) is 15.1. The molecular weight excluding hydrogens is 413 g/mol. The lowest BCUT2D eigenvalue weighted by Crippen LogP contribution is -2.49. The van der Waals surface area contributed by atoms with Gasteiger partial charge in [-0.3, -0.25) is 23.5 Å². The van der Waals surface area contributed by atoms with Crippen LogP contribution in [0.25, 0.3) is 10.2 Å².